The molecule has 4 nitrogen and oxygen atoms in total. The molecule has 1 aromatic rings. The largest absolute Gasteiger partial charge is 0.387 e. The summed E-state index contributed by atoms with van der Waals surface area (Å²) >= 11 is 1.74. The van der Waals surface area contributed by atoms with Crippen molar-refractivity contribution in [2.45, 2.75) is 43.7 Å². The van der Waals surface area contributed by atoms with Crippen molar-refractivity contribution in [2.75, 3.05) is 18.1 Å². The summed E-state index contributed by atoms with van der Waals surface area (Å²) in [6.45, 7) is 0.334. The molecule has 22 heavy (non-hydrogen) atoms. The lowest BCUT2D eigenvalue weighted by atomic mass is 9.99. The molecule has 1 saturated heterocycles. The number of aliphatic hydroxyl groups is 1. The van der Waals surface area contributed by atoms with Gasteiger partial charge in [-0.25, -0.2) is 4.79 Å². The number of thioether (sulfide) groups is 1. The molecule has 1 heterocycles. The van der Waals surface area contributed by atoms with Crippen molar-refractivity contribution in [3.05, 3.63) is 35.4 Å². The molecule has 5 heteroatoms. The second-order valence-corrected chi connectivity index (χ2v) is 7.46. The monoisotopic (exact) mass is 320 g/mol. The predicted molar refractivity (Wildman–Crippen MR) is 90.2 cm³/mol. The smallest absolute Gasteiger partial charge is 0.315 e. The molecule has 1 aliphatic heterocycles. The van der Waals surface area contributed by atoms with Gasteiger partial charge >= 0.3 is 6.03 Å². The number of hydrogen-bond donors (Lipinski definition) is 3. The predicted octanol–water partition coefficient (Wildman–Crippen LogP) is 2.62. The van der Waals surface area contributed by atoms with E-state index in [0.29, 0.717) is 12.3 Å². The highest BCUT2D eigenvalue weighted by Crippen LogP contribution is 2.29. The molecule has 0 bridgehead atoms. The van der Waals surface area contributed by atoms with Gasteiger partial charge < -0.3 is 15.7 Å². The van der Waals surface area contributed by atoms with Crippen molar-refractivity contribution < 1.29 is 9.90 Å². The zero-order chi connectivity index (χ0) is 15.4. The Bertz CT molecular complexity index is 529. The minimum Gasteiger partial charge on any atom is -0.387 e. The lowest BCUT2D eigenvalue weighted by Gasteiger charge is -2.24. The van der Waals surface area contributed by atoms with Gasteiger partial charge in [0.1, 0.15) is 0 Å². The van der Waals surface area contributed by atoms with E-state index < -0.39 is 5.60 Å². The Morgan fingerprint density at radius 3 is 3.05 bits per heavy atom. The summed E-state index contributed by atoms with van der Waals surface area (Å²) in [5.41, 5.74) is 1.85. The highest BCUT2D eigenvalue weighted by molar-refractivity contribution is 7.99. The van der Waals surface area contributed by atoms with Crippen molar-refractivity contribution in [3.8, 4) is 0 Å². The number of hydrogen-bond acceptors (Lipinski definition) is 3. The normalized spacial score (nSPS) is 27.8. The van der Waals surface area contributed by atoms with Crippen molar-refractivity contribution in [1.29, 1.82) is 0 Å². The molecule has 2 atom stereocenters. The zero-order valence-corrected chi connectivity index (χ0v) is 13.6. The van der Waals surface area contributed by atoms with E-state index in [2.05, 4.69) is 28.8 Å². The van der Waals surface area contributed by atoms with Crippen molar-refractivity contribution in [2.24, 2.45) is 0 Å². The van der Waals surface area contributed by atoms with Crippen LogP contribution >= 0.6 is 11.8 Å². The standard InChI is InChI=1S/C17H24N2O2S/c20-16(18-11-17(21)9-10-22-12-17)19-15-8-4-2-6-13-5-1-3-7-14(13)15/h1,3,5,7,15,21H,2,4,6,8-12H2,(H2,18,19,20). The molecule has 1 aromatic carbocycles. The third-order valence-electron chi connectivity index (χ3n) is 4.59. The quantitative estimate of drug-likeness (QED) is 0.750. The number of carbonyl (C=O) groups is 1. The third-order valence-corrected chi connectivity index (χ3v) is 5.82. The van der Waals surface area contributed by atoms with E-state index in [-0.39, 0.29) is 12.1 Å². The fourth-order valence-corrected chi connectivity index (χ4v) is 4.56. The van der Waals surface area contributed by atoms with Gasteiger partial charge in [-0.1, -0.05) is 30.7 Å². The highest BCUT2D eigenvalue weighted by atomic mass is 32.2. The van der Waals surface area contributed by atoms with Crippen LogP contribution in [0.3, 0.4) is 0 Å². The number of rotatable bonds is 3. The van der Waals surface area contributed by atoms with Crippen LogP contribution in [0.25, 0.3) is 0 Å². The second kappa shape index (κ2) is 6.92. The average molecular weight is 320 g/mol. The minimum absolute atomic E-state index is 0.0753. The maximum atomic E-state index is 12.2. The molecule has 120 valence electrons. The number of amides is 2. The van der Waals surface area contributed by atoms with Crippen molar-refractivity contribution >= 4 is 17.8 Å². The Kier molecular flexibility index (Phi) is 4.93. The first-order chi connectivity index (χ1) is 10.7. The molecule has 1 fully saturated rings. The highest BCUT2D eigenvalue weighted by Gasteiger charge is 2.32. The first-order valence-electron chi connectivity index (χ1n) is 8.09. The summed E-state index contributed by atoms with van der Waals surface area (Å²) < 4.78 is 0. The Labute approximate surface area is 136 Å². The maximum Gasteiger partial charge on any atom is 0.315 e. The Balaban J connectivity index is 1.59. The van der Waals surface area contributed by atoms with Gasteiger partial charge in [-0.15, -0.1) is 0 Å². The summed E-state index contributed by atoms with van der Waals surface area (Å²) in [5, 5.41) is 16.2. The molecule has 0 radical (unpaired) electrons. The van der Waals surface area contributed by atoms with Crippen LogP contribution in [0, 0.1) is 0 Å². The minimum atomic E-state index is -0.733. The molecule has 2 amide bonds. The van der Waals surface area contributed by atoms with Crippen LogP contribution in [-0.4, -0.2) is 34.8 Å². The second-order valence-electron chi connectivity index (χ2n) is 6.35. The van der Waals surface area contributed by atoms with Gasteiger partial charge in [0.2, 0.25) is 0 Å². The molecular weight excluding hydrogens is 296 g/mol. The molecule has 2 unspecified atom stereocenters. The summed E-state index contributed by atoms with van der Waals surface area (Å²) in [7, 11) is 0. The first-order valence-corrected chi connectivity index (χ1v) is 9.24. The topological polar surface area (TPSA) is 61.4 Å². The fourth-order valence-electron chi connectivity index (χ4n) is 3.26. The van der Waals surface area contributed by atoms with Crippen LogP contribution in [0.2, 0.25) is 0 Å². The molecule has 1 aliphatic carbocycles. The summed E-state index contributed by atoms with van der Waals surface area (Å²) in [4.78, 5) is 12.2. The Morgan fingerprint density at radius 2 is 2.23 bits per heavy atom. The van der Waals surface area contributed by atoms with E-state index in [4.69, 9.17) is 0 Å². The van der Waals surface area contributed by atoms with Crippen molar-refractivity contribution in [1.82, 2.24) is 10.6 Å². The van der Waals surface area contributed by atoms with Crippen LogP contribution in [-0.2, 0) is 6.42 Å². The van der Waals surface area contributed by atoms with Gasteiger partial charge in [0.05, 0.1) is 11.6 Å². The van der Waals surface area contributed by atoms with Gasteiger partial charge in [-0.2, -0.15) is 11.8 Å². The number of aryl methyl sites for hydroxylation is 1. The van der Waals surface area contributed by atoms with Gasteiger partial charge in [0.25, 0.3) is 0 Å². The van der Waals surface area contributed by atoms with Crippen molar-refractivity contribution in [3.63, 3.8) is 0 Å². The third kappa shape index (κ3) is 3.76. The number of urea groups is 1. The summed E-state index contributed by atoms with van der Waals surface area (Å²) in [6, 6.07) is 8.28. The lowest BCUT2D eigenvalue weighted by molar-refractivity contribution is 0.0698. The number of fused-ring (bicyclic) bond motifs is 1. The van der Waals surface area contributed by atoms with E-state index in [0.717, 1.165) is 31.4 Å². The van der Waals surface area contributed by atoms with Crippen LogP contribution in [0.1, 0.15) is 42.9 Å². The Morgan fingerprint density at radius 1 is 1.36 bits per heavy atom. The molecule has 3 rings (SSSR count). The van der Waals surface area contributed by atoms with E-state index in [1.54, 1.807) is 11.8 Å². The van der Waals surface area contributed by atoms with Crippen LogP contribution in [0.5, 0.6) is 0 Å². The molecule has 0 saturated carbocycles. The molecule has 2 aliphatic rings. The fraction of sp³-hybridized carbons (Fsp3) is 0.588. The van der Waals surface area contributed by atoms with E-state index >= 15 is 0 Å². The molecular formula is C17H24N2O2S. The number of nitrogens with one attached hydrogen (secondary N) is 2. The average Bonchev–Trinajstić information content (AvgIpc) is 2.86. The van der Waals surface area contributed by atoms with E-state index in [9.17, 15) is 9.90 Å². The Hall–Kier alpha value is -1.20. The van der Waals surface area contributed by atoms with E-state index in [1.165, 1.54) is 17.5 Å². The van der Waals surface area contributed by atoms with E-state index in [1.807, 2.05) is 6.07 Å². The molecule has 0 spiro atoms. The zero-order valence-electron chi connectivity index (χ0n) is 12.8. The van der Waals surface area contributed by atoms with Gasteiger partial charge in [0, 0.05) is 12.3 Å². The van der Waals surface area contributed by atoms with Gasteiger partial charge in [-0.05, 0) is 42.6 Å². The van der Waals surface area contributed by atoms with Crippen LogP contribution < -0.4 is 10.6 Å². The lowest BCUT2D eigenvalue weighted by Crippen LogP contribution is -2.47. The number of benzene rings is 1. The maximum absolute atomic E-state index is 12.2. The molecule has 0 aromatic heterocycles. The first kappa shape index (κ1) is 15.7. The van der Waals surface area contributed by atoms with Gasteiger partial charge in [-0.3, -0.25) is 0 Å². The summed E-state index contributed by atoms with van der Waals surface area (Å²) in [6.07, 6.45) is 5.12. The summed E-state index contributed by atoms with van der Waals surface area (Å²) in [5.74, 6) is 1.68. The molecule has 3 N–H and O–H groups in total. The van der Waals surface area contributed by atoms with Gasteiger partial charge in [0.15, 0.2) is 0 Å². The number of carbonyl (C=O) groups excluding carboxylic acids is 1. The SMILES string of the molecule is O=C(NCC1(O)CCSC1)NC1CCCCc2ccccc21. The van der Waals surface area contributed by atoms with Crippen LogP contribution in [0.15, 0.2) is 24.3 Å². The van der Waals surface area contributed by atoms with Crippen LogP contribution in [0.4, 0.5) is 4.79 Å².